The number of likely N-dealkylation sites (N-methyl/N-ethyl adjacent to an activating group) is 1. The van der Waals surface area contributed by atoms with Crippen LogP contribution in [0.3, 0.4) is 0 Å². The molecule has 0 aliphatic rings. The lowest BCUT2D eigenvalue weighted by Gasteiger charge is -2.43. The van der Waals surface area contributed by atoms with Crippen molar-refractivity contribution in [2.24, 2.45) is 5.73 Å². The van der Waals surface area contributed by atoms with Crippen LogP contribution in [0.2, 0.25) is 0 Å². The van der Waals surface area contributed by atoms with Crippen LogP contribution in [-0.2, 0) is 6.18 Å². The maximum Gasteiger partial charge on any atom is 0.419 e. The maximum absolute atomic E-state index is 13.7. The normalized spacial score (nSPS) is 14.6. The van der Waals surface area contributed by atoms with Crippen LogP contribution in [0.5, 0.6) is 0 Å². The van der Waals surface area contributed by atoms with E-state index in [0.717, 1.165) is 12.1 Å². The van der Waals surface area contributed by atoms with E-state index in [2.05, 4.69) is 0 Å². The summed E-state index contributed by atoms with van der Waals surface area (Å²) in [6.07, 6.45) is -3.28. The Labute approximate surface area is 122 Å². The van der Waals surface area contributed by atoms with Crippen LogP contribution in [0.15, 0.2) is 18.2 Å². The van der Waals surface area contributed by atoms with Gasteiger partial charge in [-0.05, 0) is 44.6 Å². The Kier molecular flexibility index (Phi) is 5.39. The zero-order chi connectivity index (χ0) is 16.4. The largest absolute Gasteiger partial charge is 0.419 e. The van der Waals surface area contributed by atoms with E-state index in [4.69, 9.17) is 5.73 Å². The average molecular weight is 306 g/mol. The summed E-state index contributed by atoms with van der Waals surface area (Å²) in [5.74, 6) is -1.28. The van der Waals surface area contributed by atoms with Crippen molar-refractivity contribution in [2.45, 2.75) is 44.4 Å². The third-order valence-corrected chi connectivity index (χ3v) is 4.35. The molecule has 2 N–H and O–H groups in total. The molecule has 1 rings (SSSR count). The molecule has 1 aromatic rings. The fourth-order valence-electron chi connectivity index (χ4n) is 2.87. The summed E-state index contributed by atoms with van der Waals surface area (Å²) in [7, 11) is 3.74. The van der Waals surface area contributed by atoms with Gasteiger partial charge in [-0.1, -0.05) is 19.9 Å². The molecule has 0 radical (unpaired) electrons. The van der Waals surface area contributed by atoms with Gasteiger partial charge in [0.05, 0.1) is 5.56 Å². The molecule has 1 unspecified atom stereocenters. The lowest BCUT2D eigenvalue weighted by molar-refractivity contribution is -0.140. The molecule has 6 heteroatoms. The van der Waals surface area contributed by atoms with E-state index in [1.54, 1.807) is 0 Å². The van der Waals surface area contributed by atoms with Crippen molar-refractivity contribution in [3.8, 4) is 0 Å². The quantitative estimate of drug-likeness (QED) is 0.834. The lowest BCUT2D eigenvalue weighted by Crippen LogP contribution is -2.51. The fraction of sp³-hybridized carbons (Fsp3) is 0.600. The van der Waals surface area contributed by atoms with Crippen molar-refractivity contribution in [3.63, 3.8) is 0 Å². The first-order valence-electron chi connectivity index (χ1n) is 6.89. The lowest BCUT2D eigenvalue weighted by atomic mass is 9.80. The van der Waals surface area contributed by atoms with E-state index in [1.807, 2.05) is 32.8 Å². The molecule has 120 valence electrons. The van der Waals surface area contributed by atoms with Crippen molar-refractivity contribution in [2.75, 3.05) is 14.1 Å². The third-order valence-electron chi connectivity index (χ3n) is 4.35. The zero-order valence-corrected chi connectivity index (χ0v) is 12.8. The first kappa shape index (κ1) is 17.9. The van der Waals surface area contributed by atoms with Crippen LogP contribution in [0.4, 0.5) is 17.6 Å². The van der Waals surface area contributed by atoms with Gasteiger partial charge in [0.1, 0.15) is 5.82 Å². The molecule has 1 aromatic carbocycles. The van der Waals surface area contributed by atoms with Crippen molar-refractivity contribution >= 4 is 0 Å². The number of hydrogen-bond donors (Lipinski definition) is 1. The number of benzene rings is 1. The Hall–Kier alpha value is -1.14. The predicted octanol–water partition coefficient (Wildman–Crippen LogP) is 3.96. The number of rotatable bonds is 5. The van der Waals surface area contributed by atoms with E-state index >= 15 is 0 Å². The van der Waals surface area contributed by atoms with E-state index in [-0.39, 0.29) is 0 Å². The van der Waals surface area contributed by atoms with Gasteiger partial charge < -0.3 is 10.6 Å². The minimum Gasteiger partial charge on any atom is -0.322 e. The summed E-state index contributed by atoms with van der Waals surface area (Å²) in [5.41, 5.74) is 4.92. The second-order valence-electron chi connectivity index (χ2n) is 5.42. The Balaban J connectivity index is 3.25. The van der Waals surface area contributed by atoms with Gasteiger partial charge in [-0.2, -0.15) is 13.2 Å². The van der Waals surface area contributed by atoms with Gasteiger partial charge >= 0.3 is 6.18 Å². The van der Waals surface area contributed by atoms with Crippen LogP contribution in [0.25, 0.3) is 0 Å². The molecule has 0 saturated carbocycles. The molecule has 0 fully saturated rings. The van der Waals surface area contributed by atoms with E-state index in [1.165, 1.54) is 6.07 Å². The Morgan fingerprint density at radius 2 is 1.67 bits per heavy atom. The van der Waals surface area contributed by atoms with Crippen LogP contribution in [0.1, 0.15) is 43.9 Å². The Morgan fingerprint density at radius 1 is 1.14 bits per heavy atom. The fourth-order valence-corrected chi connectivity index (χ4v) is 2.87. The summed E-state index contributed by atoms with van der Waals surface area (Å²) >= 11 is 0. The van der Waals surface area contributed by atoms with Crippen LogP contribution in [0, 0.1) is 5.82 Å². The van der Waals surface area contributed by atoms with Crippen molar-refractivity contribution in [1.82, 2.24) is 4.90 Å². The minimum absolute atomic E-state index is 0.373. The highest BCUT2D eigenvalue weighted by Gasteiger charge is 2.38. The van der Waals surface area contributed by atoms with E-state index in [9.17, 15) is 17.6 Å². The van der Waals surface area contributed by atoms with E-state index < -0.39 is 29.1 Å². The SMILES string of the molecule is CCC(CC)(C(N)c1ccc(C(F)(F)F)c(F)c1)N(C)C. The molecule has 0 bridgehead atoms. The van der Waals surface area contributed by atoms with Gasteiger partial charge in [-0.3, -0.25) is 0 Å². The van der Waals surface area contributed by atoms with Gasteiger partial charge in [0.15, 0.2) is 0 Å². The third kappa shape index (κ3) is 3.37. The maximum atomic E-state index is 13.7. The molecule has 0 aromatic heterocycles. The second kappa shape index (κ2) is 6.32. The summed E-state index contributed by atoms with van der Waals surface area (Å²) in [5, 5.41) is 0. The van der Waals surface area contributed by atoms with Gasteiger partial charge in [0.25, 0.3) is 0 Å². The number of alkyl halides is 3. The first-order valence-corrected chi connectivity index (χ1v) is 6.89. The molecule has 0 saturated heterocycles. The smallest absolute Gasteiger partial charge is 0.322 e. The van der Waals surface area contributed by atoms with Crippen LogP contribution in [-0.4, -0.2) is 24.5 Å². The standard InChI is InChI=1S/C15H22F4N2/c1-5-14(6-2,21(3)4)13(20)10-7-8-11(12(16)9-10)15(17,18)19/h7-9,13H,5-6,20H2,1-4H3. The summed E-state index contributed by atoms with van der Waals surface area (Å²) in [4.78, 5) is 1.95. The average Bonchev–Trinajstić information content (AvgIpc) is 2.38. The van der Waals surface area contributed by atoms with Crippen LogP contribution < -0.4 is 5.73 Å². The molecular weight excluding hydrogens is 284 g/mol. The highest BCUT2D eigenvalue weighted by molar-refractivity contribution is 5.30. The second-order valence-corrected chi connectivity index (χ2v) is 5.42. The number of nitrogens with zero attached hydrogens (tertiary/aromatic N) is 1. The van der Waals surface area contributed by atoms with Crippen LogP contribution >= 0.6 is 0 Å². The highest BCUT2D eigenvalue weighted by atomic mass is 19.4. The van der Waals surface area contributed by atoms with Gasteiger partial charge in [0, 0.05) is 11.6 Å². The van der Waals surface area contributed by atoms with Gasteiger partial charge in [0.2, 0.25) is 0 Å². The van der Waals surface area contributed by atoms with Gasteiger partial charge in [-0.25, -0.2) is 4.39 Å². The molecule has 0 aliphatic heterocycles. The summed E-state index contributed by atoms with van der Waals surface area (Å²) in [6.45, 7) is 3.92. The van der Waals surface area contributed by atoms with E-state index in [0.29, 0.717) is 18.4 Å². The highest BCUT2D eigenvalue weighted by Crippen LogP contribution is 2.37. The number of nitrogens with two attached hydrogens (primary N) is 1. The molecule has 21 heavy (non-hydrogen) atoms. The number of halogens is 4. The van der Waals surface area contributed by atoms with Crippen molar-refractivity contribution in [3.05, 3.63) is 35.1 Å². The molecular formula is C15H22F4N2. The Bertz CT molecular complexity index is 479. The van der Waals surface area contributed by atoms with Crippen molar-refractivity contribution in [1.29, 1.82) is 0 Å². The molecule has 0 heterocycles. The topological polar surface area (TPSA) is 29.3 Å². The molecule has 0 spiro atoms. The number of hydrogen-bond acceptors (Lipinski definition) is 2. The molecule has 1 atom stereocenters. The Morgan fingerprint density at radius 3 is 2.00 bits per heavy atom. The monoisotopic (exact) mass is 306 g/mol. The molecule has 0 aliphatic carbocycles. The van der Waals surface area contributed by atoms with Gasteiger partial charge in [-0.15, -0.1) is 0 Å². The summed E-state index contributed by atoms with van der Waals surface area (Å²) < 4.78 is 51.5. The first-order chi connectivity index (χ1) is 9.60. The zero-order valence-electron chi connectivity index (χ0n) is 12.8. The predicted molar refractivity (Wildman–Crippen MR) is 75.3 cm³/mol. The molecule has 0 amide bonds. The minimum atomic E-state index is -4.69. The van der Waals surface area contributed by atoms with Crippen molar-refractivity contribution < 1.29 is 17.6 Å². The molecule has 2 nitrogen and oxygen atoms in total. The summed E-state index contributed by atoms with van der Waals surface area (Å²) in [6, 6.07) is 2.35.